The van der Waals surface area contributed by atoms with Crippen molar-refractivity contribution in [1.29, 1.82) is 0 Å². The molecule has 0 saturated carbocycles. The Kier molecular flexibility index (Phi) is 5.68. The number of likely N-dealkylation sites (tertiary alicyclic amines) is 1. The second kappa shape index (κ2) is 7.50. The van der Waals surface area contributed by atoms with E-state index in [9.17, 15) is 18.0 Å². The summed E-state index contributed by atoms with van der Waals surface area (Å²) in [5.41, 5.74) is 1.38. The van der Waals surface area contributed by atoms with Crippen LogP contribution in [0, 0.1) is 12.8 Å². The fourth-order valence-corrected chi connectivity index (χ4v) is 3.66. The molecule has 29 heavy (non-hydrogen) atoms. The van der Waals surface area contributed by atoms with Gasteiger partial charge in [-0.2, -0.15) is 13.2 Å². The van der Waals surface area contributed by atoms with Crippen LogP contribution in [0.1, 0.15) is 46.1 Å². The van der Waals surface area contributed by atoms with E-state index >= 15 is 0 Å². The highest BCUT2D eigenvalue weighted by atomic mass is 19.4. The van der Waals surface area contributed by atoms with Gasteiger partial charge in [0.1, 0.15) is 0 Å². The number of urea groups is 1. The molecule has 2 aliphatic rings. The van der Waals surface area contributed by atoms with Gasteiger partial charge >= 0.3 is 19.3 Å². The molecule has 0 radical (unpaired) electrons. The number of nitrogens with one attached hydrogen (secondary N) is 1. The lowest BCUT2D eigenvalue weighted by molar-refractivity contribution is -0.143. The van der Waals surface area contributed by atoms with Crippen molar-refractivity contribution in [2.75, 3.05) is 18.4 Å². The van der Waals surface area contributed by atoms with Crippen LogP contribution in [0.25, 0.3) is 0 Å². The number of rotatable bonds is 3. The molecule has 160 valence electrons. The van der Waals surface area contributed by atoms with Gasteiger partial charge in [0.2, 0.25) is 0 Å². The third-order valence-corrected chi connectivity index (χ3v) is 6.13. The van der Waals surface area contributed by atoms with Crippen LogP contribution in [0.2, 0.25) is 0 Å². The highest BCUT2D eigenvalue weighted by Crippen LogP contribution is 2.37. The van der Waals surface area contributed by atoms with Crippen molar-refractivity contribution >= 4 is 24.3 Å². The lowest BCUT2D eigenvalue weighted by atomic mass is 9.76. The average Bonchev–Trinajstić information content (AvgIpc) is 3.09. The molecule has 0 spiro atoms. The monoisotopic (exact) mass is 412 g/mol. The third kappa shape index (κ3) is 4.88. The van der Waals surface area contributed by atoms with Crippen molar-refractivity contribution < 1.29 is 27.3 Å². The summed E-state index contributed by atoms with van der Waals surface area (Å²) in [6.45, 7) is 10.3. The van der Waals surface area contributed by atoms with E-state index in [2.05, 4.69) is 5.32 Å². The first-order valence-electron chi connectivity index (χ1n) is 9.86. The summed E-state index contributed by atoms with van der Waals surface area (Å²) in [6.07, 6.45) is -4.70. The van der Waals surface area contributed by atoms with Gasteiger partial charge in [-0.1, -0.05) is 11.6 Å². The lowest BCUT2D eigenvalue weighted by Gasteiger charge is -2.32. The van der Waals surface area contributed by atoms with Crippen molar-refractivity contribution in [1.82, 2.24) is 4.90 Å². The maximum Gasteiger partial charge on any atom is 0.495 e. The smallest absolute Gasteiger partial charge is 0.399 e. The van der Waals surface area contributed by atoms with Crippen LogP contribution in [-0.4, -0.2) is 48.5 Å². The molecule has 1 atom stereocenters. The van der Waals surface area contributed by atoms with Crippen molar-refractivity contribution in [3.05, 3.63) is 23.8 Å². The molecule has 3 rings (SSSR count). The number of amides is 2. The molecule has 0 bridgehead atoms. The normalized spacial score (nSPS) is 23.5. The Morgan fingerprint density at radius 2 is 1.86 bits per heavy atom. The van der Waals surface area contributed by atoms with E-state index in [0.29, 0.717) is 18.7 Å². The summed E-state index contributed by atoms with van der Waals surface area (Å²) in [6, 6.07) is 5.05. The number of carbonyl (C=O) groups excluding carboxylic acids is 1. The Labute approximate surface area is 170 Å². The number of hydrogen-bond donors (Lipinski definition) is 1. The van der Waals surface area contributed by atoms with Gasteiger partial charge in [0.05, 0.1) is 11.2 Å². The highest BCUT2D eigenvalue weighted by Gasteiger charge is 2.52. The molecule has 1 aromatic carbocycles. The minimum Gasteiger partial charge on any atom is -0.399 e. The van der Waals surface area contributed by atoms with Crippen molar-refractivity contribution in [2.45, 2.75) is 64.8 Å². The molecule has 9 heteroatoms. The number of alkyl halides is 3. The van der Waals surface area contributed by atoms with Gasteiger partial charge < -0.3 is 19.5 Å². The first kappa shape index (κ1) is 22.0. The molecule has 2 aliphatic heterocycles. The van der Waals surface area contributed by atoms with Crippen LogP contribution in [0.15, 0.2) is 18.2 Å². The number of carbonyl (C=O) groups is 1. The van der Waals surface area contributed by atoms with Gasteiger partial charge in [0, 0.05) is 25.2 Å². The summed E-state index contributed by atoms with van der Waals surface area (Å²) in [4.78, 5) is 14.0. The van der Waals surface area contributed by atoms with E-state index in [0.717, 1.165) is 11.0 Å². The molecule has 0 unspecified atom stereocenters. The predicted octanol–water partition coefficient (Wildman–Crippen LogP) is 4.10. The standard InChI is InChI=1S/C20H28BF3N2O3/c1-13-6-7-15(10-16(13)21-28-18(2,3)19(4,5)29-21)25-17(27)26-9-8-14(12-26)11-20(22,23)24/h6-7,10,14H,8-9,11-12H2,1-5H3,(H,25,27)/t14-/m0/s1. The SMILES string of the molecule is Cc1ccc(NC(=O)N2CC[C@@H](CC(F)(F)F)C2)cc1B1OC(C)(C)C(C)(C)O1. The Morgan fingerprint density at radius 1 is 1.24 bits per heavy atom. The second-order valence-corrected chi connectivity index (χ2v) is 9.01. The minimum atomic E-state index is -4.20. The molecule has 2 fully saturated rings. The van der Waals surface area contributed by atoms with Gasteiger partial charge in [0.15, 0.2) is 0 Å². The number of nitrogens with zero attached hydrogens (tertiary/aromatic N) is 1. The van der Waals surface area contributed by atoms with Gasteiger partial charge in [-0.25, -0.2) is 4.79 Å². The van der Waals surface area contributed by atoms with Crippen molar-refractivity contribution in [2.24, 2.45) is 5.92 Å². The maximum atomic E-state index is 12.6. The molecule has 1 N–H and O–H groups in total. The van der Waals surface area contributed by atoms with E-state index in [4.69, 9.17) is 9.31 Å². The summed E-state index contributed by atoms with van der Waals surface area (Å²) >= 11 is 0. The zero-order valence-corrected chi connectivity index (χ0v) is 17.5. The quantitative estimate of drug-likeness (QED) is 0.761. The summed E-state index contributed by atoms with van der Waals surface area (Å²) in [5.74, 6) is -0.543. The summed E-state index contributed by atoms with van der Waals surface area (Å²) in [5, 5.41) is 2.79. The Morgan fingerprint density at radius 3 is 2.45 bits per heavy atom. The highest BCUT2D eigenvalue weighted by molar-refractivity contribution is 6.62. The number of anilines is 1. The molecule has 2 amide bonds. The van der Waals surface area contributed by atoms with Crippen LogP contribution >= 0.6 is 0 Å². The number of aryl methyl sites for hydroxylation is 1. The average molecular weight is 412 g/mol. The first-order chi connectivity index (χ1) is 13.3. The third-order valence-electron chi connectivity index (χ3n) is 6.13. The first-order valence-corrected chi connectivity index (χ1v) is 9.86. The van der Waals surface area contributed by atoms with Gasteiger partial charge in [0.25, 0.3) is 0 Å². The van der Waals surface area contributed by atoms with E-state index in [-0.39, 0.29) is 6.54 Å². The Balaban J connectivity index is 1.67. The van der Waals surface area contributed by atoms with Crippen LogP contribution in [0.4, 0.5) is 23.7 Å². The molecule has 2 heterocycles. The van der Waals surface area contributed by atoms with E-state index < -0.39 is 42.9 Å². The predicted molar refractivity (Wildman–Crippen MR) is 106 cm³/mol. The topological polar surface area (TPSA) is 50.8 Å². The van der Waals surface area contributed by atoms with Crippen molar-refractivity contribution in [3.8, 4) is 0 Å². The van der Waals surface area contributed by atoms with Gasteiger partial charge in [-0.15, -0.1) is 0 Å². The number of halogens is 3. The van der Waals surface area contributed by atoms with Crippen LogP contribution in [-0.2, 0) is 9.31 Å². The molecule has 0 aromatic heterocycles. The Bertz CT molecular complexity index is 767. The van der Waals surface area contributed by atoms with Gasteiger partial charge in [-0.05, 0) is 64.6 Å². The lowest BCUT2D eigenvalue weighted by Crippen LogP contribution is -2.41. The largest absolute Gasteiger partial charge is 0.495 e. The molecule has 1 aromatic rings. The molecular weight excluding hydrogens is 384 g/mol. The van der Waals surface area contributed by atoms with Gasteiger partial charge in [-0.3, -0.25) is 0 Å². The maximum absolute atomic E-state index is 12.6. The zero-order chi connectivity index (χ0) is 21.6. The molecule has 2 saturated heterocycles. The van der Waals surface area contributed by atoms with E-state index in [1.54, 1.807) is 12.1 Å². The minimum absolute atomic E-state index is 0.112. The fraction of sp³-hybridized carbons (Fsp3) is 0.650. The number of hydrogen-bond acceptors (Lipinski definition) is 3. The second-order valence-electron chi connectivity index (χ2n) is 9.01. The van der Waals surface area contributed by atoms with Crippen LogP contribution in [0.3, 0.4) is 0 Å². The fourth-order valence-electron chi connectivity index (χ4n) is 3.66. The van der Waals surface area contributed by atoms with Crippen LogP contribution in [0.5, 0.6) is 0 Å². The number of benzene rings is 1. The van der Waals surface area contributed by atoms with E-state index in [1.165, 1.54) is 4.90 Å². The summed E-state index contributed by atoms with van der Waals surface area (Å²) in [7, 11) is -0.556. The molecule has 0 aliphatic carbocycles. The van der Waals surface area contributed by atoms with E-state index in [1.807, 2.05) is 40.7 Å². The zero-order valence-electron chi connectivity index (χ0n) is 17.5. The molecular formula is C20H28BF3N2O3. The van der Waals surface area contributed by atoms with Crippen molar-refractivity contribution in [3.63, 3.8) is 0 Å². The Hall–Kier alpha value is -1.74. The summed E-state index contributed by atoms with van der Waals surface area (Å²) < 4.78 is 49.9. The molecule has 5 nitrogen and oxygen atoms in total. The van der Waals surface area contributed by atoms with Crippen LogP contribution < -0.4 is 10.8 Å².